The van der Waals surface area contributed by atoms with Crippen molar-refractivity contribution >= 4 is 32.8 Å². The molecule has 0 radical (unpaired) electrons. The number of carboxylic acid groups (broad SMARTS) is 2. The van der Waals surface area contributed by atoms with Crippen LogP contribution in [-0.2, 0) is 14.4 Å². The summed E-state index contributed by atoms with van der Waals surface area (Å²) in [4.78, 5) is 32.6. The normalized spacial score (nSPS) is 15.2. The fraction of sp³-hybridized carbons (Fsp3) is 0.700. The van der Waals surface area contributed by atoms with Crippen LogP contribution < -0.4 is 11.1 Å². The molecule has 0 heterocycles. The summed E-state index contributed by atoms with van der Waals surface area (Å²) in [6.07, 6.45) is -1.43. The molecule has 9 nitrogen and oxygen atoms in total. The van der Waals surface area contributed by atoms with Crippen molar-refractivity contribution in [3.05, 3.63) is 0 Å². The number of carbonyl (C=O) groups excluding carboxylic acids is 1. The Morgan fingerprint density at radius 1 is 1.20 bits per heavy atom. The van der Waals surface area contributed by atoms with Gasteiger partial charge in [-0.3, -0.25) is 0 Å². The van der Waals surface area contributed by atoms with Crippen molar-refractivity contribution in [1.82, 2.24) is 5.32 Å². The Morgan fingerprint density at radius 2 is 1.80 bits per heavy atom. The summed E-state index contributed by atoms with van der Waals surface area (Å²) in [5, 5.41) is 37.8. The third-order valence-electron chi connectivity index (χ3n) is 2.27. The predicted molar refractivity (Wildman–Crippen MR) is 68.3 cm³/mol. The van der Waals surface area contributed by atoms with Gasteiger partial charge in [-0.25, -0.2) is 0 Å². The van der Waals surface area contributed by atoms with Crippen LogP contribution >= 0.6 is 0 Å². The Hall–Kier alpha value is -1.19. The van der Waals surface area contributed by atoms with Crippen LogP contribution in [0.1, 0.15) is 6.42 Å². The van der Waals surface area contributed by atoms with Gasteiger partial charge in [0.15, 0.2) is 0 Å². The predicted octanol–water partition coefficient (Wildman–Crippen LogP) is -2.75. The molecule has 0 aliphatic heterocycles. The maximum atomic E-state index is 11.2. The number of nitrogens with one attached hydrogen (secondary N) is 1. The second-order valence-corrected chi connectivity index (χ2v) is 6.32. The zero-order valence-electron chi connectivity index (χ0n) is 10.6. The average Bonchev–Trinajstić information content (AvgIpc) is 2.39. The molecule has 10 heteroatoms. The van der Waals surface area contributed by atoms with Crippen LogP contribution in [0.4, 0.5) is 0 Å². The monoisotopic (exact) mass is 358 g/mol. The Balaban J connectivity index is 4.13. The van der Waals surface area contributed by atoms with E-state index in [2.05, 4.69) is 5.32 Å². The topological polar surface area (TPSA) is 170 Å². The molecule has 0 rings (SSSR count). The van der Waals surface area contributed by atoms with E-state index < -0.39 is 42.6 Å². The number of aliphatic hydroxyl groups is 2. The third kappa shape index (κ3) is 7.41. The Bertz CT molecular complexity index is 352. The van der Waals surface area contributed by atoms with Crippen molar-refractivity contribution in [3.8, 4) is 0 Å². The number of aliphatic carboxylic acids is 2. The number of rotatable bonds is 10. The number of aliphatic hydroxyl groups excluding tert-OH is 2. The van der Waals surface area contributed by atoms with E-state index >= 15 is 0 Å². The Kier molecular flexibility index (Phi) is 9.10. The summed E-state index contributed by atoms with van der Waals surface area (Å²) in [5.41, 5.74) is 5.30. The fourth-order valence-electron chi connectivity index (χ4n) is 1.06. The second kappa shape index (κ2) is 9.67. The zero-order chi connectivity index (χ0) is 15.7. The van der Waals surface area contributed by atoms with Gasteiger partial charge in [-0.1, -0.05) is 0 Å². The minimum absolute atomic E-state index is 0.137. The first-order valence-electron chi connectivity index (χ1n) is 5.67. The van der Waals surface area contributed by atoms with E-state index in [0.29, 0.717) is 5.32 Å². The van der Waals surface area contributed by atoms with Gasteiger partial charge in [0.05, 0.1) is 0 Å². The molecule has 1 amide bonds. The van der Waals surface area contributed by atoms with E-state index in [1.165, 1.54) is 0 Å². The first-order valence-corrected chi connectivity index (χ1v) is 8.10. The molecule has 0 aliphatic carbocycles. The van der Waals surface area contributed by atoms with Crippen LogP contribution in [0.3, 0.4) is 0 Å². The van der Waals surface area contributed by atoms with E-state index in [9.17, 15) is 14.4 Å². The summed E-state index contributed by atoms with van der Waals surface area (Å²) in [6, 6.07) is -2.16. The van der Waals surface area contributed by atoms with Crippen LogP contribution in [0.25, 0.3) is 0 Å². The molecule has 0 fully saturated rings. The summed E-state index contributed by atoms with van der Waals surface area (Å²) < 4.78 is 0. The summed E-state index contributed by atoms with van der Waals surface area (Å²) in [6.45, 7) is -0.795. The van der Waals surface area contributed by atoms with E-state index in [1.54, 1.807) is 0 Å². The maximum absolute atomic E-state index is 11.2. The molecule has 20 heavy (non-hydrogen) atoms. The molecule has 3 atom stereocenters. The molecule has 0 aromatic rings. The standard InChI is InChI=1S/C10H18N2O7Se/c11-5(9(16)17)1-2-20-4-6(10(18)19)12-8(15)7(14)3-13/h5-7,13-14H,1-4,11H2,(H,12,15)(H,16,17)(H,18,19). The molecule has 7 N–H and O–H groups in total. The minimum atomic E-state index is -1.66. The van der Waals surface area contributed by atoms with E-state index in [0.717, 1.165) is 0 Å². The average molecular weight is 357 g/mol. The van der Waals surface area contributed by atoms with Gasteiger partial charge in [0.1, 0.15) is 0 Å². The van der Waals surface area contributed by atoms with Crippen molar-refractivity contribution < 1.29 is 34.8 Å². The summed E-state index contributed by atoms with van der Waals surface area (Å²) >= 11 is -0.215. The summed E-state index contributed by atoms with van der Waals surface area (Å²) in [5.74, 6) is -3.33. The Morgan fingerprint density at radius 3 is 2.25 bits per heavy atom. The number of hydrogen-bond donors (Lipinski definition) is 6. The summed E-state index contributed by atoms with van der Waals surface area (Å²) in [7, 11) is 0. The SMILES string of the molecule is NC(CC[Se]CC(NC(=O)C(O)CO)C(=O)O)C(=O)O. The van der Waals surface area contributed by atoms with Crippen LogP contribution in [0, 0.1) is 0 Å². The molecule has 0 aromatic carbocycles. The first-order chi connectivity index (χ1) is 9.29. The van der Waals surface area contributed by atoms with Crippen molar-refractivity contribution in [2.45, 2.75) is 35.2 Å². The van der Waals surface area contributed by atoms with Gasteiger partial charge < -0.3 is 0 Å². The van der Waals surface area contributed by atoms with Gasteiger partial charge in [0.25, 0.3) is 0 Å². The second-order valence-electron chi connectivity index (χ2n) is 3.91. The van der Waals surface area contributed by atoms with Gasteiger partial charge in [-0.15, -0.1) is 0 Å². The van der Waals surface area contributed by atoms with Crippen molar-refractivity contribution in [2.24, 2.45) is 5.73 Å². The molecular weight excluding hydrogens is 339 g/mol. The first kappa shape index (κ1) is 18.8. The molecule has 0 aliphatic rings. The molecular formula is C10H18N2O7Se. The van der Waals surface area contributed by atoms with Gasteiger partial charge in [0, 0.05) is 0 Å². The number of hydrogen-bond acceptors (Lipinski definition) is 6. The number of carboxylic acids is 2. The molecule has 0 spiro atoms. The van der Waals surface area contributed by atoms with Gasteiger partial charge in [-0.05, 0) is 0 Å². The van der Waals surface area contributed by atoms with Crippen LogP contribution in [-0.4, -0.2) is 78.0 Å². The molecule has 116 valence electrons. The van der Waals surface area contributed by atoms with Crippen LogP contribution in [0.2, 0.25) is 10.6 Å². The van der Waals surface area contributed by atoms with E-state index in [4.69, 9.17) is 26.2 Å². The molecule has 0 bridgehead atoms. The van der Waals surface area contributed by atoms with E-state index in [1.807, 2.05) is 0 Å². The van der Waals surface area contributed by atoms with Crippen LogP contribution in [0.15, 0.2) is 0 Å². The van der Waals surface area contributed by atoms with Crippen LogP contribution in [0.5, 0.6) is 0 Å². The molecule has 3 unspecified atom stereocenters. The number of nitrogens with two attached hydrogens (primary N) is 1. The quantitative estimate of drug-likeness (QED) is 0.180. The van der Waals surface area contributed by atoms with E-state index in [-0.39, 0.29) is 26.7 Å². The molecule has 0 saturated heterocycles. The third-order valence-corrected chi connectivity index (χ3v) is 4.56. The van der Waals surface area contributed by atoms with Gasteiger partial charge in [0.2, 0.25) is 0 Å². The number of amides is 1. The number of carbonyl (C=O) groups is 3. The molecule has 0 saturated carbocycles. The van der Waals surface area contributed by atoms with Gasteiger partial charge >= 0.3 is 121 Å². The van der Waals surface area contributed by atoms with Crippen molar-refractivity contribution in [2.75, 3.05) is 6.61 Å². The van der Waals surface area contributed by atoms with Crippen molar-refractivity contribution in [3.63, 3.8) is 0 Å². The zero-order valence-corrected chi connectivity index (χ0v) is 12.3. The molecule has 0 aromatic heterocycles. The van der Waals surface area contributed by atoms with Gasteiger partial charge in [-0.2, -0.15) is 0 Å². The fourth-order valence-corrected chi connectivity index (χ4v) is 3.26. The van der Waals surface area contributed by atoms with Crippen molar-refractivity contribution in [1.29, 1.82) is 0 Å². The Labute approximate surface area is 121 Å².